The van der Waals surface area contributed by atoms with E-state index in [1.165, 1.54) is 24.9 Å². The number of nitrogens with zero attached hydrogens (tertiary/aromatic N) is 3. The lowest BCUT2D eigenvalue weighted by Crippen LogP contribution is -2.58. The fraction of sp³-hybridized carbons (Fsp3) is 0.800. The zero-order chi connectivity index (χ0) is 13.4. The number of hydrogen-bond acceptors (Lipinski definition) is 3. The average Bonchev–Trinajstić information content (AvgIpc) is 3.14. The predicted molar refractivity (Wildman–Crippen MR) is 76.8 cm³/mol. The van der Waals surface area contributed by atoms with E-state index in [0.29, 0.717) is 18.0 Å². The summed E-state index contributed by atoms with van der Waals surface area (Å²) in [5, 5.41) is 8.06. The van der Waals surface area contributed by atoms with Crippen LogP contribution in [-0.2, 0) is 13.6 Å². The Balaban J connectivity index is 1.69. The van der Waals surface area contributed by atoms with Crippen LogP contribution in [0.5, 0.6) is 0 Å². The summed E-state index contributed by atoms with van der Waals surface area (Å²) in [4.78, 5) is 2.67. The number of piperazine rings is 1. The highest BCUT2D eigenvalue weighted by Crippen LogP contribution is 2.35. The summed E-state index contributed by atoms with van der Waals surface area (Å²) < 4.78 is 1.90. The van der Waals surface area contributed by atoms with Gasteiger partial charge in [0, 0.05) is 50.5 Å². The second-order valence-electron chi connectivity index (χ2n) is 6.62. The van der Waals surface area contributed by atoms with Crippen LogP contribution < -0.4 is 5.32 Å². The fourth-order valence-corrected chi connectivity index (χ4v) is 3.30. The van der Waals surface area contributed by atoms with Crippen LogP contribution in [0.4, 0.5) is 0 Å². The molecule has 19 heavy (non-hydrogen) atoms. The van der Waals surface area contributed by atoms with Crippen molar-refractivity contribution in [1.82, 2.24) is 20.0 Å². The van der Waals surface area contributed by atoms with E-state index in [-0.39, 0.29) is 0 Å². The van der Waals surface area contributed by atoms with Gasteiger partial charge in [-0.3, -0.25) is 9.58 Å². The lowest BCUT2D eigenvalue weighted by atomic mass is 9.96. The molecule has 1 aromatic rings. The molecule has 2 aliphatic rings. The van der Waals surface area contributed by atoms with Gasteiger partial charge in [0.15, 0.2) is 0 Å². The summed E-state index contributed by atoms with van der Waals surface area (Å²) >= 11 is 0. The largest absolute Gasteiger partial charge is 0.311 e. The molecule has 2 atom stereocenters. The molecule has 1 saturated carbocycles. The van der Waals surface area contributed by atoms with Gasteiger partial charge in [-0.25, -0.2) is 0 Å². The van der Waals surface area contributed by atoms with Crippen LogP contribution in [0.3, 0.4) is 0 Å². The van der Waals surface area contributed by atoms with E-state index in [9.17, 15) is 0 Å². The first-order valence-electron chi connectivity index (χ1n) is 7.58. The number of hydrogen-bond donors (Lipinski definition) is 1. The van der Waals surface area contributed by atoms with Crippen molar-refractivity contribution in [1.29, 1.82) is 0 Å². The average molecular weight is 262 g/mol. The number of aromatic nitrogens is 2. The highest BCUT2D eigenvalue weighted by Gasteiger charge is 2.37. The summed E-state index contributed by atoms with van der Waals surface area (Å²) in [6.07, 6.45) is 6.99. The fourth-order valence-electron chi connectivity index (χ4n) is 3.30. The van der Waals surface area contributed by atoms with Crippen LogP contribution in [-0.4, -0.2) is 39.9 Å². The van der Waals surface area contributed by atoms with E-state index >= 15 is 0 Å². The summed E-state index contributed by atoms with van der Waals surface area (Å²) in [5.41, 5.74) is 1.34. The molecule has 1 aliphatic heterocycles. The molecule has 0 amide bonds. The molecule has 4 nitrogen and oxygen atoms in total. The van der Waals surface area contributed by atoms with Gasteiger partial charge >= 0.3 is 0 Å². The van der Waals surface area contributed by atoms with Crippen molar-refractivity contribution in [3.05, 3.63) is 18.0 Å². The molecular weight excluding hydrogens is 236 g/mol. The van der Waals surface area contributed by atoms with Gasteiger partial charge in [0.25, 0.3) is 0 Å². The summed E-state index contributed by atoms with van der Waals surface area (Å²) in [5.74, 6) is 1.63. The molecule has 2 fully saturated rings. The molecule has 4 heteroatoms. The highest BCUT2D eigenvalue weighted by atomic mass is 15.3. The molecule has 2 unspecified atom stereocenters. The first-order chi connectivity index (χ1) is 9.13. The van der Waals surface area contributed by atoms with E-state index in [1.807, 2.05) is 17.9 Å². The first-order valence-corrected chi connectivity index (χ1v) is 7.58. The molecule has 106 valence electrons. The van der Waals surface area contributed by atoms with Gasteiger partial charge in [0.05, 0.1) is 6.20 Å². The Bertz CT molecular complexity index is 422. The molecule has 0 radical (unpaired) electrons. The van der Waals surface area contributed by atoms with E-state index in [0.717, 1.165) is 19.0 Å². The van der Waals surface area contributed by atoms with Crippen LogP contribution in [0, 0.1) is 11.8 Å². The quantitative estimate of drug-likeness (QED) is 0.895. The lowest BCUT2D eigenvalue weighted by molar-refractivity contribution is 0.0852. The highest BCUT2D eigenvalue weighted by molar-refractivity contribution is 5.05. The van der Waals surface area contributed by atoms with Crippen LogP contribution >= 0.6 is 0 Å². The second kappa shape index (κ2) is 5.25. The molecule has 0 aromatic carbocycles. The maximum Gasteiger partial charge on any atom is 0.0534 e. The smallest absolute Gasteiger partial charge is 0.0534 e. The van der Waals surface area contributed by atoms with Gasteiger partial charge in [-0.1, -0.05) is 13.8 Å². The monoisotopic (exact) mass is 262 g/mol. The van der Waals surface area contributed by atoms with Crippen LogP contribution in [0.1, 0.15) is 32.3 Å². The van der Waals surface area contributed by atoms with Crippen LogP contribution in [0.15, 0.2) is 12.4 Å². The SMILES string of the molecule is CC(C)C1CNC(C2CC2)CN1Cc1cnn(C)c1. The minimum absolute atomic E-state index is 0.648. The van der Waals surface area contributed by atoms with Gasteiger partial charge in [0.1, 0.15) is 0 Å². The van der Waals surface area contributed by atoms with E-state index < -0.39 is 0 Å². The number of nitrogens with one attached hydrogen (secondary N) is 1. The Kier molecular flexibility index (Phi) is 3.63. The zero-order valence-corrected chi connectivity index (χ0v) is 12.3. The van der Waals surface area contributed by atoms with Gasteiger partial charge in [-0.05, 0) is 24.7 Å². The van der Waals surface area contributed by atoms with Gasteiger partial charge in [-0.2, -0.15) is 5.10 Å². The van der Waals surface area contributed by atoms with Crippen molar-refractivity contribution in [2.75, 3.05) is 13.1 Å². The van der Waals surface area contributed by atoms with Crippen molar-refractivity contribution in [2.45, 2.75) is 45.3 Å². The molecule has 0 bridgehead atoms. The summed E-state index contributed by atoms with van der Waals surface area (Å²) in [6, 6.07) is 1.36. The zero-order valence-electron chi connectivity index (χ0n) is 12.3. The molecule has 1 aromatic heterocycles. The molecule has 1 N–H and O–H groups in total. The van der Waals surface area contributed by atoms with Crippen molar-refractivity contribution in [3.63, 3.8) is 0 Å². The molecule has 2 heterocycles. The van der Waals surface area contributed by atoms with Crippen molar-refractivity contribution >= 4 is 0 Å². The van der Waals surface area contributed by atoms with Crippen LogP contribution in [0.2, 0.25) is 0 Å². The van der Waals surface area contributed by atoms with E-state index in [4.69, 9.17) is 0 Å². The Morgan fingerprint density at radius 3 is 2.79 bits per heavy atom. The molecule has 0 spiro atoms. The molecule has 1 aliphatic carbocycles. The summed E-state index contributed by atoms with van der Waals surface area (Å²) in [7, 11) is 1.99. The van der Waals surface area contributed by atoms with Crippen molar-refractivity contribution in [3.8, 4) is 0 Å². The molecule has 3 rings (SSSR count). The maximum atomic E-state index is 4.29. The van der Waals surface area contributed by atoms with E-state index in [2.05, 4.69) is 35.4 Å². The predicted octanol–water partition coefficient (Wildman–Crippen LogP) is 1.63. The van der Waals surface area contributed by atoms with Crippen LogP contribution in [0.25, 0.3) is 0 Å². The van der Waals surface area contributed by atoms with Crippen molar-refractivity contribution < 1.29 is 0 Å². The van der Waals surface area contributed by atoms with E-state index in [1.54, 1.807) is 0 Å². The number of rotatable bonds is 4. The van der Waals surface area contributed by atoms with Gasteiger partial charge in [0.2, 0.25) is 0 Å². The first kappa shape index (κ1) is 13.1. The normalized spacial score (nSPS) is 29.1. The molecular formula is C15H26N4. The summed E-state index contributed by atoms with van der Waals surface area (Å²) in [6.45, 7) is 8.04. The third kappa shape index (κ3) is 3.00. The second-order valence-corrected chi connectivity index (χ2v) is 6.62. The minimum Gasteiger partial charge on any atom is -0.311 e. The lowest BCUT2D eigenvalue weighted by Gasteiger charge is -2.42. The third-order valence-corrected chi connectivity index (χ3v) is 4.59. The Labute approximate surface area is 116 Å². The number of aryl methyl sites for hydroxylation is 1. The van der Waals surface area contributed by atoms with Gasteiger partial charge in [-0.15, -0.1) is 0 Å². The maximum absolute atomic E-state index is 4.29. The topological polar surface area (TPSA) is 33.1 Å². The Morgan fingerprint density at radius 2 is 2.21 bits per heavy atom. The minimum atomic E-state index is 0.648. The standard InChI is InChI=1S/C15H26N4/c1-11(2)15-7-16-14(13-4-5-13)10-19(15)9-12-6-17-18(3)8-12/h6,8,11,13-16H,4-5,7,9-10H2,1-3H3. The Morgan fingerprint density at radius 1 is 1.42 bits per heavy atom. The third-order valence-electron chi connectivity index (χ3n) is 4.59. The van der Waals surface area contributed by atoms with Crippen molar-refractivity contribution in [2.24, 2.45) is 18.9 Å². The van der Waals surface area contributed by atoms with Gasteiger partial charge < -0.3 is 5.32 Å². The Hall–Kier alpha value is -0.870. The molecule has 1 saturated heterocycles.